The second kappa shape index (κ2) is 8.97. The van der Waals surface area contributed by atoms with Crippen LogP contribution in [0.1, 0.15) is 43.1 Å². The van der Waals surface area contributed by atoms with Crippen molar-refractivity contribution >= 4 is 17.5 Å². The van der Waals surface area contributed by atoms with Crippen LogP contribution in [0.15, 0.2) is 30.3 Å². The first-order valence-corrected chi connectivity index (χ1v) is 10.5. The molecule has 1 N–H and O–H groups in total. The van der Waals surface area contributed by atoms with Crippen LogP contribution in [0.3, 0.4) is 0 Å². The summed E-state index contributed by atoms with van der Waals surface area (Å²) in [4.78, 5) is 16.8. The number of ether oxygens (including phenoxy) is 1. The van der Waals surface area contributed by atoms with Crippen molar-refractivity contribution in [3.05, 3.63) is 46.7 Å². The molecule has 0 bridgehead atoms. The molecule has 4 rings (SSSR count). The van der Waals surface area contributed by atoms with Crippen molar-refractivity contribution in [2.75, 3.05) is 32.8 Å². The Hall–Kier alpha value is -2.05. The number of nitrogens with one attached hydrogen (secondary N) is 1. The molecule has 1 aromatic carbocycles. The van der Waals surface area contributed by atoms with Crippen LogP contribution in [0.2, 0.25) is 5.02 Å². The third-order valence-electron chi connectivity index (χ3n) is 5.59. The van der Waals surface area contributed by atoms with Gasteiger partial charge in [0, 0.05) is 30.2 Å². The van der Waals surface area contributed by atoms with E-state index in [0.29, 0.717) is 18.2 Å². The molecule has 0 radical (unpaired) electrons. The minimum atomic E-state index is 0.227. The number of aromatic nitrogens is 2. The van der Waals surface area contributed by atoms with Crippen LogP contribution in [0.25, 0.3) is 0 Å². The number of aromatic amines is 1. The second-order valence-electron chi connectivity index (χ2n) is 7.59. The van der Waals surface area contributed by atoms with Crippen LogP contribution in [-0.2, 0) is 11.2 Å². The molecule has 150 valence electrons. The first kappa shape index (κ1) is 19.3. The molecule has 1 aromatic heterocycles. The number of carbonyl (C=O) groups excluding carboxylic acids is 1. The van der Waals surface area contributed by atoms with Crippen LogP contribution in [0, 0.1) is 0 Å². The minimum absolute atomic E-state index is 0.227. The van der Waals surface area contributed by atoms with E-state index < -0.39 is 0 Å². The van der Waals surface area contributed by atoms with Gasteiger partial charge >= 0.3 is 0 Å². The maximum absolute atomic E-state index is 12.5. The molecule has 28 heavy (non-hydrogen) atoms. The molecule has 2 aliphatic heterocycles. The normalized spacial score (nSPS) is 20.0. The summed E-state index contributed by atoms with van der Waals surface area (Å²) in [6, 6.07) is 9.77. The zero-order chi connectivity index (χ0) is 19.3. The topological polar surface area (TPSA) is 61.5 Å². The van der Waals surface area contributed by atoms with E-state index in [4.69, 9.17) is 16.3 Å². The number of nitrogens with zero attached hydrogens (tertiary/aromatic N) is 3. The Bertz CT molecular complexity index is 803. The first-order valence-electron chi connectivity index (χ1n) is 10.1. The lowest BCUT2D eigenvalue weighted by molar-refractivity contribution is -0.131. The van der Waals surface area contributed by atoms with Crippen LogP contribution in [0.5, 0.6) is 5.75 Å². The Morgan fingerprint density at radius 2 is 2.07 bits per heavy atom. The van der Waals surface area contributed by atoms with Gasteiger partial charge in [-0.3, -0.25) is 14.8 Å². The number of hydrogen-bond acceptors (Lipinski definition) is 4. The molecular weight excluding hydrogens is 376 g/mol. The van der Waals surface area contributed by atoms with Crippen molar-refractivity contribution in [2.24, 2.45) is 0 Å². The summed E-state index contributed by atoms with van der Waals surface area (Å²) >= 11 is 5.98. The van der Waals surface area contributed by atoms with Crippen LogP contribution in [0.4, 0.5) is 0 Å². The zero-order valence-electron chi connectivity index (χ0n) is 16.1. The largest absolute Gasteiger partial charge is 0.493 e. The Kier molecular flexibility index (Phi) is 6.17. The van der Waals surface area contributed by atoms with Gasteiger partial charge in [-0.2, -0.15) is 5.10 Å². The fourth-order valence-corrected chi connectivity index (χ4v) is 4.28. The zero-order valence-corrected chi connectivity index (χ0v) is 16.8. The van der Waals surface area contributed by atoms with E-state index in [9.17, 15) is 4.79 Å². The summed E-state index contributed by atoms with van der Waals surface area (Å²) in [7, 11) is 0. The van der Waals surface area contributed by atoms with Crippen LogP contribution < -0.4 is 4.74 Å². The van der Waals surface area contributed by atoms with Gasteiger partial charge < -0.3 is 9.64 Å². The third-order valence-corrected chi connectivity index (χ3v) is 5.82. The van der Waals surface area contributed by atoms with Gasteiger partial charge in [0.1, 0.15) is 5.75 Å². The highest BCUT2D eigenvalue weighted by molar-refractivity contribution is 6.30. The number of likely N-dealkylation sites (tertiary alicyclic amines) is 2. The van der Waals surface area contributed by atoms with Gasteiger partial charge in [-0.1, -0.05) is 17.7 Å². The lowest BCUT2D eigenvalue weighted by Crippen LogP contribution is -2.38. The number of amides is 1. The molecule has 2 fully saturated rings. The number of halogens is 1. The molecule has 0 spiro atoms. The van der Waals surface area contributed by atoms with E-state index in [1.807, 2.05) is 29.2 Å². The highest BCUT2D eigenvalue weighted by atomic mass is 35.5. The van der Waals surface area contributed by atoms with Gasteiger partial charge in [0.15, 0.2) is 0 Å². The SMILES string of the molecule is O=C(CN1CCC[C@H]1c1cc(CCOc2cccc(Cl)c2)[nH]n1)N1CCCC1. The summed E-state index contributed by atoms with van der Waals surface area (Å²) in [5.74, 6) is 1.03. The van der Waals surface area contributed by atoms with Crippen molar-refractivity contribution in [1.82, 2.24) is 20.0 Å². The fraction of sp³-hybridized carbons (Fsp3) is 0.524. The lowest BCUT2D eigenvalue weighted by atomic mass is 10.1. The predicted octanol–water partition coefficient (Wildman–Crippen LogP) is 3.44. The molecule has 6 nitrogen and oxygen atoms in total. The van der Waals surface area contributed by atoms with E-state index in [-0.39, 0.29) is 11.9 Å². The molecule has 0 aliphatic carbocycles. The number of hydrogen-bond donors (Lipinski definition) is 1. The predicted molar refractivity (Wildman–Crippen MR) is 109 cm³/mol. The van der Waals surface area contributed by atoms with E-state index in [1.165, 1.54) is 0 Å². The van der Waals surface area contributed by atoms with Gasteiger partial charge in [0.05, 0.1) is 24.9 Å². The molecular formula is C21H27ClN4O2. The Balaban J connectivity index is 1.30. The molecule has 2 aliphatic rings. The maximum Gasteiger partial charge on any atom is 0.236 e. The highest BCUT2D eigenvalue weighted by Crippen LogP contribution is 2.31. The maximum atomic E-state index is 12.5. The number of rotatable bonds is 7. The minimum Gasteiger partial charge on any atom is -0.493 e. The Labute approximate surface area is 170 Å². The van der Waals surface area contributed by atoms with E-state index in [2.05, 4.69) is 21.2 Å². The van der Waals surface area contributed by atoms with Gasteiger partial charge in [-0.15, -0.1) is 0 Å². The quantitative estimate of drug-likeness (QED) is 0.770. The third kappa shape index (κ3) is 4.67. The number of benzene rings is 1. The summed E-state index contributed by atoms with van der Waals surface area (Å²) in [5, 5.41) is 8.33. The molecule has 0 unspecified atom stereocenters. The summed E-state index contributed by atoms with van der Waals surface area (Å²) in [5.41, 5.74) is 2.08. The van der Waals surface area contributed by atoms with Crippen molar-refractivity contribution in [3.8, 4) is 5.75 Å². The average Bonchev–Trinajstić information content (AvgIpc) is 3.43. The van der Waals surface area contributed by atoms with Gasteiger partial charge in [0.25, 0.3) is 0 Å². The molecule has 0 saturated carbocycles. The molecule has 2 saturated heterocycles. The second-order valence-corrected chi connectivity index (χ2v) is 8.03. The molecule has 3 heterocycles. The van der Waals surface area contributed by atoms with Gasteiger partial charge in [-0.05, 0) is 56.5 Å². The first-order chi connectivity index (χ1) is 13.7. The molecule has 7 heteroatoms. The Morgan fingerprint density at radius 1 is 1.21 bits per heavy atom. The van der Waals surface area contributed by atoms with Gasteiger partial charge in [-0.25, -0.2) is 0 Å². The summed E-state index contributed by atoms with van der Waals surface area (Å²) in [6.07, 6.45) is 5.18. The monoisotopic (exact) mass is 402 g/mol. The average molecular weight is 403 g/mol. The number of H-pyrrole nitrogens is 1. The van der Waals surface area contributed by atoms with Crippen molar-refractivity contribution in [3.63, 3.8) is 0 Å². The fourth-order valence-electron chi connectivity index (χ4n) is 4.10. The smallest absolute Gasteiger partial charge is 0.236 e. The van der Waals surface area contributed by atoms with E-state index in [0.717, 1.165) is 68.9 Å². The number of carbonyl (C=O) groups is 1. The van der Waals surface area contributed by atoms with Crippen LogP contribution >= 0.6 is 11.6 Å². The molecule has 1 amide bonds. The van der Waals surface area contributed by atoms with E-state index >= 15 is 0 Å². The van der Waals surface area contributed by atoms with Crippen molar-refractivity contribution < 1.29 is 9.53 Å². The van der Waals surface area contributed by atoms with Crippen molar-refractivity contribution in [1.29, 1.82) is 0 Å². The van der Waals surface area contributed by atoms with Crippen LogP contribution in [-0.4, -0.2) is 58.7 Å². The summed E-state index contributed by atoms with van der Waals surface area (Å²) < 4.78 is 5.76. The van der Waals surface area contributed by atoms with Crippen molar-refractivity contribution in [2.45, 2.75) is 38.1 Å². The molecule has 2 aromatic rings. The Morgan fingerprint density at radius 3 is 2.89 bits per heavy atom. The highest BCUT2D eigenvalue weighted by Gasteiger charge is 2.31. The molecule has 1 atom stereocenters. The summed E-state index contributed by atoms with van der Waals surface area (Å²) in [6.45, 7) is 3.85. The standard InChI is InChI=1S/C21H27ClN4O2/c22-16-5-3-6-18(13-16)28-12-8-17-14-19(24-23-17)20-7-4-11-26(20)15-21(27)25-9-1-2-10-25/h3,5-6,13-14,20H,1-2,4,7-12,15H2,(H,23,24)/t20-/m0/s1. The lowest BCUT2D eigenvalue weighted by Gasteiger charge is -2.25. The van der Waals surface area contributed by atoms with E-state index in [1.54, 1.807) is 0 Å². The van der Waals surface area contributed by atoms with Gasteiger partial charge in [0.2, 0.25) is 5.91 Å².